The summed E-state index contributed by atoms with van der Waals surface area (Å²) >= 11 is 1.20. The zero-order chi connectivity index (χ0) is 19.3. The summed E-state index contributed by atoms with van der Waals surface area (Å²) in [7, 11) is 3.01. The number of nitrogens with zero attached hydrogens (tertiary/aromatic N) is 4. The number of rotatable bonds is 8. The molecule has 2 aromatic rings. The van der Waals surface area contributed by atoms with Gasteiger partial charge in [0.2, 0.25) is 5.91 Å². The number of aryl methyl sites for hydroxylation is 2. The second-order valence-electron chi connectivity index (χ2n) is 6.09. The Bertz CT molecular complexity index is 919. The van der Waals surface area contributed by atoms with Crippen LogP contribution in [0.2, 0.25) is 0 Å². The number of amides is 1. The third-order valence-corrected chi connectivity index (χ3v) is 4.95. The zero-order valence-corrected chi connectivity index (χ0v) is 16.5. The molecular weight excluding hydrogens is 354 g/mol. The van der Waals surface area contributed by atoms with E-state index in [1.807, 2.05) is 6.92 Å². The lowest BCUT2D eigenvalue weighted by molar-refractivity contribution is -0.118. The second-order valence-corrected chi connectivity index (χ2v) is 7.06. The van der Waals surface area contributed by atoms with Gasteiger partial charge in [-0.2, -0.15) is 0 Å². The van der Waals surface area contributed by atoms with Crippen LogP contribution in [0.4, 0.5) is 0 Å². The van der Waals surface area contributed by atoms with Gasteiger partial charge in [0.25, 0.3) is 5.56 Å². The van der Waals surface area contributed by atoms with Crippen LogP contribution in [0.15, 0.2) is 14.6 Å². The van der Waals surface area contributed by atoms with Crippen LogP contribution >= 0.6 is 11.8 Å². The minimum Gasteiger partial charge on any atom is -0.355 e. The van der Waals surface area contributed by atoms with Crippen molar-refractivity contribution in [1.29, 1.82) is 0 Å². The molecule has 2 heterocycles. The van der Waals surface area contributed by atoms with Crippen LogP contribution in [0.5, 0.6) is 0 Å². The summed E-state index contributed by atoms with van der Waals surface area (Å²) < 4.78 is 2.40. The number of unbranched alkanes of at least 4 members (excludes halogenated alkanes) is 1. The lowest BCUT2D eigenvalue weighted by atomic mass is 10.2. The zero-order valence-electron chi connectivity index (χ0n) is 15.7. The van der Waals surface area contributed by atoms with E-state index in [0.29, 0.717) is 29.5 Å². The maximum absolute atomic E-state index is 12.6. The van der Waals surface area contributed by atoms with Crippen molar-refractivity contribution >= 4 is 28.7 Å². The molecule has 0 aliphatic carbocycles. The highest BCUT2D eigenvalue weighted by atomic mass is 32.2. The molecule has 9 heteroatoms. The molecule has 0 aromatic carbocycles. The van der Waals surface area contributed by atoms with E-state index in [1.54, 1.807) is 7.05 Å². The molecule has 0 fully saturated rings. The van der Waals surface area contributed by atoms with Gasteiger partial charge in [-0.05, 0) is 12.8 Å². The molecule has 0 atom stereocenters. The Morgan fingerprint density at radius 2 is 1.85 bits per heavy atom. The van der Waals surface area contributed by atoms with Crippen LogP contribution < -0.4 is 16.6 Å². The van der Waals surface area contributed by atoms with Gasteiger partial charge in [-0.15, -0.1) is 0 Å². The van der Waals surface area contributed by atoms with Gasteiger partial charge >= 0.3 is 5.69 Å². The Balaban J connectivity index is 2.52. The van der Waals surface area contributed by atoms with Crippen LogP contribution in [0.25, 0.3) is 11.0 Å². The quantitative estimate of drug-likeness (QED) is 0.542. The molecule has 0 saturated carbocycles. The number of carbonyl (C=O) groups excluding carboxylic acids is 1. The first-order valence-corrected chi connectivity index (χ1v) is 9.75. The molecule has 0 saturated heterocycles. The third-order valence-electron chi connectivity index (χ3n) is 3.98. The Kier molecular flexibility index (Phi) is 6.96. The summed E-state index contributed by atoms with van der Waals surface area (Å²) in [6.07, 6.45) is 3.41. The van der Waals surface area contributed by atoms with Gasteiger partial charge in [-0.25, -0.2) is 14.8 Å². The van der Waals surface area contributed by atoms with Gasteiger partial charge in [-0.3, -0.25) is 18.7 Å². The molecular formula is C17H25N5O3S. The van der Waals surface area contributed by atoms with E-state index >= 15 is 0 Å². The highest BCUT2D eigenvalue weighted by molar-refractivity contribution is 8.00. The molecule has 0 spiro atoms. The number of hydrogen-bond donors (Lipinski definition) is 1. The van der Waals surface area contributed by atoms with Crippen LogP contribution in [-0.4, -0.2) is 37.3 Å². The molecule has 0 aliphatic rings. The highest BCUT2D eigenvalue weighted by Gasteiger charge is 2.18. The number of aromatic nitrogens is 4. The molecule has 0 bridgehead atoms. The smallest absolute Gasteiger partial charge is 0.332 e. The van der Waals surface area contributed by atoms with Crippen LogP contribution in [0, 0.1) is 0 Å². The number of fused-ring (bicyclic) bond motifs is 1. The van der Waals surface area contributed by atoms with Gasteiger partial charge < -0.3 is 5.32 Å². The summed E-state index contributed by atoms with van der Waals surface area (Å²) in [6.45, 7) is 4.66. The molecule has 142 valence electrons. The molecule has 8 nitrogen and oxygen atoms in total. The highest BCUT2D eigenvalue weighted by Crippen LogP contribution is 2.22. The van der Waals surface area contributed by atoms with Crippen molar-refractivity contribution in [2.24, 2.45) is 14.1 Å². The number of hydrogen-bond acceptors (Lipinski definition) is 6. The van der Waals surface area contributed by atoms with Crippen LogP contribution in [-0.2, 0) is 25.3 Å². The minimum absolute atomic E-state index is 0.111. The lowest BCUT2D eigenvalue weighted by Gasteiger charge is -2.11. The van der Waals surface area contributed by atoms with Gasteiger partial charge in [0.05, 0.1) is 5.75 Å². The second kappa shape index (κ2) is 8.98. The van der Waals surface area contributed by atoms with Crippen LogP contribution in [0.3, 0.4) is 0 Å². The molecule has 0 unspecified atom stereocenters. The largest absolute Gasteiger partial charge is 0.355 e. The van der Waals surface area contributed by atoms with E-state index < -0.39 is 11.2 Å². The standard InChI is InChI=1S/C17H25N5O3S/c1-5-7-8-11-19-14-13(16(24)22(4)17(25)21(14)3)15(20-11)26-10-12(23)18-9-6-2/h5-10H2,1-4H3,(H,18,23). The minimum atomic E-state index is -0.443. The predicted molar refractivity (Wildman–Crippen MR) is 103 cm³/mol. The summed E-state index contributed by atoms with van der Waals surface area (Å²) in [4.78, 5) is 45.7. The van der Waals surface area contributed by atoms with Gasteiger partial charge in [0, 0.05) is 27.1 Å². The van der Waals surface area contributed by atoms with Crippen molar-refractivity contribution in [3.63, 3.8) is 0 Å². The average molecular weight is 379 g/mol. The van der Waals surface area contributed by atoms with Crippen LogP contribution in [0.1, 0.15) is 38.9 Å². The van der Waals surface area contributed by atoms with E-state index in [9.17, 15) is 14.4 Å². The normalized spacial score (nSPS) is 11.1. The van der Waals surface area contributed by atoms with Gasteiger partial charge in [0.1, 0.15) is 16.2 Å². The summed E-state index contributed by atoms with van der Waals surface area (Å²) in [6, 6.07) is 0. The van der Waals surface area contributed by atoms with Crippen molar-refractivity contribution in [2.75, 3.05) is 12.3 Å². The summed E-state index contributed by atoms with van der Waals surface area (Å²) in [5, 5.41) is 3.53. The number of carbonyl (C=O) groups is 1. The van der Waals surface area contributed by atoms with Crippen molar-refractivity contribution in [1.82, 2.24) is 24.4 Å². The Labute approximate surface area is 156 Å². The Morgan fingerprint density at radius 3 is 2.50 bits per heavy atom. The van der Waals surface area contributed by atoms with E-state index in [1.165, 1.54) is 23.4 Å². The fraction of sp³-hybridized carbons (Fsp3) is 0.588. The number of nitrogens with one attached hydrogen (secondary N) is 1. The van der Waals surface area contributed by atoms with Crippen molar-refractivity contribution in [3.8, 4) is 0 Å². The number of thioether (sulfide) groups is 1. The van der Waals surface area contributed by atoms with Crippen molar-refractivity contribution in [3.05, 3.63) is 26.7 Å². The molecule has 26 heavy (non-hydrogen) atoms. The SMILES string of the molecule is CCCCc1nc(SCC(=O)NCCC)c2c(=O)n(C)c(=O)n(C)c2n1. The fourth-order valence-corrected chi connectivity index (χ4v) is 3.34. The molecule has 2 rings (SSSR count). The predicted octanol–water partition coefficient (Wildman–Crippen LogP) is 0.988. The Hall–Kier alpha value is -2.16. The van der Waals surface area contributed by atoms with Crippen molar-refractivity contribution < 1.29 is 4.79 Å². The summed E-state index contributed by atoms with van der Waals surface area (Å²) in [5.41, 5.74) is -0.559. The Morgan fingerprint density at radius 1 is 1.12 bits per heavy atom. The van der Waals surface area contributed by atoms with E-state index in [0.717, 1.165) is 23.8 Å². The van der Waals surface area contributed by atoms with Gasteiger partial charge in [0.15, 0.2) is 5.65 Å². The first kappa shape index (κ1) is 20.2. The molecule has 1 N–H and O–H groups in total. The fourth-order valence-electron chi connectivity index (χ4n) is 2.47. The molecule has 2 aromatic heterocycles. The maximum Gasteiger partial charge on any atom is 0.332 e. The summed E-state index contributed by atoms with van der Waals surface area (Å²) in [5.74, 6) is 0.630. The third kappa shape index (κ3) is 4.32. The first-order chi connectivity index (χ1) is 12.4. The van der Waals surface area contributed by atoms with E-state index in [2.05, 4.69) is 22.2 Å². The average Bonchev–Trinajstić information content (AvgIpc) is 2.65. The lowest BCUT2D eigenvalue weighted by Crippen LogP contribution is -2.38. The molecule has 0 radical (unpaired) electrons. The maximum atomic E-state index is 12.6. The van der Waals surface area contributed by atoms with Crippen molar-refractivity contribution in [2.45, 2.75) is 44.6 Å². The van der Waals surface area contributed by atoms with E-state index in [-0.39, 0.29) is 17.0 Å². The molecule has 0 aliphatic heterocycles. The molecule has 1 amide bonds. The van der Waals surface area contributed by atoms with Gasteiger partial charge in [-0.1, -0.05) is 32.0 Å². The topological polar surface area (TPSA) is 98.9 Å². The monoisotopic (exact) mass is 379 g/mol. The first-order valence-electron chi connectivity index (χ1n) is 8.76. The van der Waals surface area contributed by atoms with E-state index in [4.69, 9.17) is 0 Å².